The molecule has 86 valence electrons. The van der Waals surface area contributed by atoms with E-state index in [4.69, 9.17) is 5.11 Å². The zero-order valence-corrected chi connectivity index (χ0v) is 8.43. The summed E-state index contributed by atoms with van der Waals surface area (Å²) in [5.41, 5.74) is -0.754. The number of aldehydes is 1. The SMILES string of the molecule is O=Cc1cc(O)c2[nH]c(C(=O)O)cc(=O)c2c1. The summed E-state index contributed by atoms with van der Waals surface area (Å²) in [4.78, 5) is 35.3. The maximum atomic E-state index is 11.6. The quantitative estimate of drug-likeness (QED) is 0.663. The minimum atomic E-state index is -1.30. The molecule has 0 aliphatic heterocycles. The van der Waals surface area contributed by atoms with Crippen LogP contribution in [0.15, 0.2) is 23.0 Å². The van der Waals surface area contributed by atoms with Crippen molar-refractivity contribution in [2.24, 2.45) is 0 Å². The van der Waals surface area contributed by atoms with Crippen molar-refractivity contribution >= 4 is 23.2 Å². The van der Waals surface area contributed by atoms with E-state index in [1.165, 1.54) is 6.07 Å². The molecule has 0 aliphatic carbocycles. The topological polar surface area (TPSA) is 107 Å². The Labute approximate surface area is 94.1 Å². The van der Waals surface area contributed by atoms with E-state index in [0.29, 0.717) is 6.29 Å². The summed E-state index contributed by atoms with van der Waals surface area (Å²) in [5.74, 6) is -1.65. The van der Waals surface area contributed by atoms with E-state index < -0.39 is 11.4 Å². The van der Waals surface area contributed by atoms with Crippen molar-refractivity contribution in [3.63, 3.8) is 0 Å². The van der Waals surface area contributed by atoms with E-state index in [1.54, 1.807) is 0 Å². The fraction of sp³-hybridized carbons (Fsp3) is 0. The molecule has 1 aromatic carbocycles. The van der Waals surface area contributed by atoms with Gasteiger partial charge in [0, 0.05) is 17.0 Å². The fourth-order valence-corrected chi connectivity index (χ4v) is 1.54. The Hall–Kier alpha value is -2.63. The number of carbonyl (C=O) groups excluding carboxylic acids is 1. The van der Waals surface area contributed by atoms with E-state index in [0.717, 1.165) is 12.1 Å². The number of aromatic nitrogens is 1. The van der Waals surface area contributed by atoms with Crippen molar-refractivity contribution in [3.8, 4) is 5.75 Å². The highest BCUT2D eigenvalue weighted by molar-refractivity contribution is 5.94. The van der Waals surface area contributed by atoms with Gasteiger partial charge in [-0.15, -0.1) is 0 Å². The summed E-state index contributed by atoms with van der Waals surface area (Å²) in [7, 11) is 0. The van der Waals surface area contributed by atoms with Crippen molar-refractivity contribution in [2.75, 3.05) is 0 Å². The molecule has 0 bridgehead atoms. The average Bonchev–Trinajstić information content (AvgIpc) is 2.29. The highest BCUT2D eigenvalue weighted by Gasteiger charge is 2.11. The minimum Gasteiger partial charge on any atom is -0.506 e. The number of carbonyl (C=O) groups is 2. The molecule has 17 heavy (non-hydrogen) atoms. The number of carboxylic acid groups (broad SMARTS) is 1. The lowest BCUT2D eigenvalue weighted by molar-refractivity contribution is 0.0690. The van der Waals surface area contributed by atoms with E-state index in [1.807, 2.05) is 0 Å². The van der Waals surface area contributed by atoms with E-state index >= 15 is 0 Å². The molecular weight excluding hydrogens is 226 g/mol. The van der Waals surface area contributed by atoms with Crippen molar-refractivity contribution in [2.45, 2.75) is 0 Å². The first-order valence-electron chi connectivity index (χ1n) is 4.61. The van der Waals surface area contributed by atoms with Crippen molar-refractivity contribution in [3.05, 3.63) is 39.7 Å². The number of nitrogens with one attached hydrogen (secondary N) is 1. The van der Waals surface area contributed by atoms with Crippen LogP contribution in [0.3, 0.4) is 0 Å². The van der Waals surface area contributed by atoms with Crippen LogP contribution in [0.25, 0.3) is 10.9 Å². The number of H-pyrrole nitrogens is 1. The number of aromatic amines is 1. The summed E-state index contributed by atoms with van der Waals surface area (Å²) < 4.78 is 0. The minimum absolute atomic E-state index is 0.000463. The fourth-order valence-electron chi connectivity index (χ4n) is 1.54. The zero-order chi connectivity index (χ0) is 12.6. The number of hydrogen-bond acceptors (Lipinski definition) is 4. The van der Waals surface area contributed by atoms with Crippen LogP contribution in [0.2, 0.25) is 0 Å². The molecule has 1 heterocycles. The molecule has 0 atom stereocenters. The molecule has 0 unspecified atom stereocenters. The molecule has 0 amide bonds. The second kappa shape index (κ2) is 3.75. The first kappa shape index (κ1) is 10.9. The third-order valence-electron chi connectivity index (χ3n) is 2.31. The smallest absolute Gasteiger partial charge is 0.352 e. The van der Waals surface area contributed by atoms with Crippen LogP contribution in [-0.2, 0) is 0 Å². The lowest BCUT2D eigenvalue weighted by atomic mass is 10.1. The Balaban J connectivity index is 2.91. The molecule has 0 fully saturated rings. The van der Waals surface area contributed by atoms with Gasteiger partial charge in [0.1, 0.15) is 17.7 Å². The zero-order valence-electron chi connectivity index (χ0n) is 8.43. The molecular formula is C11H7NO5. The van der Waals surface area contributed by atoms with Gasteiger partial charge in [0.2, 0.25) is 0 Å². The number of aromatic hydroxyl groups is 1. The largest absolute Gasteiger partial charge is 0.506 e. The summed E-state index contributed by atoms with van der Waals surface area (Å²) in [6.07, 6.45) is 0.490. The first-order chi connectivity index (χ1) is 8.02. The van der Waals surface area contributed by atoms with Gasteiger partial charge in [0.05, 0.1) is 5.52 Å². The molecule has 0 radical (unpaired) electrons. The van der Waals surface area contributed by atoms with E-state index in [-0.39, 0.29) is 27.9 Å². The number of benzene rings is 1. The van der Waals surface area contributed by atoms with Crippen molar-refractivity contribution < 1.29 is 19.8 Å². The summed E-state index contributed by atoms with van der Waals surface area (Å²) in [6.45, 7) is 0. The standard InChI is InChI=1S/C11H7NO5/c13-4-5-1-6-8(14)3-7(11(16)17)12-10(6)9(15)2-5/h1-4,15H,(H,12,14)(H,16,17). The molecule has 3 N–H and O–H groups in total. The Morgan fingerprint density at radius 1 is 1.29 bits per heavy atom. The van der Waals surface area contributed by atoms with Gasteiger partial charge in [-0.3, -0.25) is 9.59 Å². The van der Waals surface area contributed by atoms with Gasteiger partial charge < -0.3 is 15.2 Å². The second-order valence-electron chi connectivity index (χ2n) is 3.43. The number of carboxylic acids is 1. The van der Waals surface area contributed by atoms with Gasteiger partial charge in [0.25, 0.3) is 0 Å². The van der Waals surface area contributed by atoms with Gasteiger partial charge in [-0.25, -0.2) is 4.79 Å². The van der Waals surface area contributed by atoms with Crippen LogP contribution in [0.5, 0.6) is 5.75 Å². The molecule has 2 rings (SSSR count). The van der Waals surface area contributed by atoms with Gasteiger partial charge in [-0.05, 0) is 12.1 Å². The number of aromatic carboxylic acids is 1. The van der Waals surface area contributed by atoms with Crippen LogP contribution >= 0.6 is 0 Å². The van der Waals surface area contributed by atoms with Crippen LogP contribution in [0.4, 0.5) is 0 Å². The number of phenols is 1. The predicted octanol–water partition coefficient (Wildman–Crippen LogP) is 0.744. The molecule has 0 aliphatic rings. The third-order valence-corrected chi connectivity index (χ3v) is 2.31. The lowest BCUT2D eigenvalue weighted by Gasteiger charge is -2.03. The molecule has 0 saturated carbocycles. The molecule has 0 spiro atoms. The highest BCUT2D eigenvalue weighted by Crippen LogP contribution is 2.22. The third kappa shape index (κ3) is 1.76. The van der Waals surface area contributed by atoms with Crippen LogP contribution in [0, 0.1) is 0 Å². The molecule has 6 nitrogen and oxygen atoms in total. The summed E-state index contributed by atoms with van der Waals surface area (Å²) in [5, 5.41) is 18.4. The Kier molecular flexibility index (Phi) is 2.40. The van der Waals surface area contributed by atoms with Gasteiger partial charge in [0.15, 0.2) is 5.43 Å². The van der Waals surface area contributed by atoms with Crippen molar-refractivity contribution in [1.29, 1.82) is 0 Å². The summed E-state index contributed by atoms with van der Waals surface area (Å²) >= 11 is 0. The van der Waals surface area contributed by atoms with Gasteiger partial charge >= 0.3 is 5.97 Å². The summed E-state index contributed by atoms with van der Waals surface area (Å²) in [6, 6.07) is 3.34. The number of rotatable bonds is 2. The number of phenolic OH excluding ortho intramolecular Hbond substituents is 1. The Morgan fingerprint density at radius 2 is 2.00 bits per heavy atom. The van der Waals surface area contributed by atoms with Crippen LogP contribution in [-0.4, -0.2) is 27.5 Å². The Morgan fingerprint density at radius 3 is 2.59 bits per heavy atom. The highest BCUT2D eigenvalue weighted by atomic mass is 16.4. The average molecular weight is 233 g/mol. The normalized spacial score (nSPS) is 10.4. The van der Waals surface area contributed by atoms with E-state index in [2.05, 4.69) is 4.98 Å². The monoisotopic (exact) mass is 233 g/mol. The maximum absolute atomic E-state index is 11.6. The number of pyridine rings is 1. The van der Waals surface area contributed by atoms with Crippen LogP contribution in [0.1, 0.15) is 20.8 Å². The Bertz CT molecular complexity index is 686. The lowest BCUT2D eigenvalue weighted by Crippen LogP contribution is -2.09. The molecule has 0 saturated heterocycles. The van der Waals surface area contributed by atoms with Gasteiger partial charge in [-0.1, -0.05) is 0 Å². The molecule has 1 aromatic heterocycles. The van der Waals surface area contributed by atoms with Crippen molar-refractivity contribution in [1.82, 2.24) is 4.98 Å². The van der Waals surface area contributed by atoms with E-state index in [9.17, 15) is 19.5 Å². The second-order valence-corrected chi connectivity index (χ2v) is 3.43. The molecule has 6 heteroatoms. The van der Waals surface area contributed by atoms with Gasteiger partial charge in [-0.2, -0.15) is 0 Å². The number of fused-ring (bicyclic) bond motifs is 1. The van der Waals surface area contributed by atoms with Crippen LogP contribution < -0.4 is 5.43 Å². The first-order valence-corrected chi connectivity index (χ1v) is 4.61. The maximum Gasteiger partial charge on any atom is 0.352 e. The number of hydrogen-bond donors (Lipinski definition) is 3. The molecule has 2 aromatic rings. The predicted molar refractivity (Wildman–Crippen MR) is 58.6 cm³/mol.